The summed E-state index contributed by atoms with van der Waals surface area (Å²) in [5.41, 5.74) is 6.76. The van der Waals surface area contributed by atoms with E-state index in [0.717, 1.165) is 0 Å². The van der Waals surface area contributed by atoms with Crippen LogP contribution in [0, 0.1) is 5.92 Å². The molecule has 0 fully saturated rings. The lowest BCUT2D eigenvalue weighted by Gasteiger charge is -2.09. The maximum absolute atomic E-state index is 11.7. The monoisotopic (exact) mass is 298 g/mol. The molecule has 1 amide bonds. The first-order valence-corrected chi connectivity index (χ1v) is 8.47. The molecule has 6 heteroatoms. The fraction of sp³-hybridized carbons (Fsp3) is 0.500. The van der Waals surface area contributed by atoms with E-state index in [9.17, 15) is 13.2 Å². The normalized spacial score (nSPS) is 11.6. The summed E-state index contributed by atoms with van der Waals surface area (Å²) in [5.74, 6) is 0.101. The summed E-state index contributed by atoms with van der Waals surface area (Å²) in [6.45, 7) is 3.73. The summed E-state index contributed by atoms with van der Waals surface area (Å²) in [6, 6.07) is 6.97. The number of anilines is 2. The molecule has 0 bridgehead atoms. The molecule has 0 aliphatic carbocycles. The van der Waals surface area contributed by atoms with E-state index >= 15 is 0 Å². The summed E-state index contributed by atoms with van der Waals surface area (Å²) in [4.78, 5) is 11.7. The maximum atomic E-state index is 11.7. The molecule has 0 saturated heterocycles. The van der Waals surface area contributed by atoms with Crippen LogP contribution < -0.4 is 11.1 Å². The number of hydrogen-bond donors (Lipinski definition) is 2. The minimum atomic E-state index is -3.06. The van der Waals surface area contributed by atoms with Crippen molar-refractivity contribution in [2.45, 2.75) is 26.7 Å². The number of nitrogens with one attached hydrogen (secondary N) is 1. The average Bonchev–Trinajstić information content (AvgIpc) is 2.30. The third kappa shape index (κ3) is 6.06. The Hall–Kier alpha value is -1.56. The lowest BCUT2D eigenvalue weighted by molar-refractivity contribution is -0.116. The van der Waals surface area contributed by atoms with Gasteiger partial charge in [0, 0.05) is 6.42 Å². The highest BCUT2D eigenvalue weighted by Gasteiger charge is 2.14. The van der Waals surface area contributed by atoms with Gasteiger partial charge in [-0.3, -0.25) is 4.79 Å². The molecule has 0 aromatic heterocycles. The zero-order valence-electron chi connectivity index (χ0n) is 11.9. The third-order valence-electron chi connectivity index (χ3n) is 2.68. The van der Waals surface area contributed by atoms with E-state index in [1.54, 1.807) is 24.3 Å². The Labute approximate surface area is 120 Å². The van der Waals surface area contributed by atoms with Gasteiger partial charge >= 0.3 is 0 Å². The summed E-state index contributed by atoms with van der Waals surface area (Å²) in [5, 5.41) is 2.68. The van der Waals surface area contributed by atoms with Crippen molar-refractivity contribution >= 4 is 27.1 Å². The molecule has 1 rings (SSSR count). The van der Waals surface area contributed by atoms with Crippen LogP contribution in [0.4, 0.5) is 11.4 Å². The van der Waals surface area contributed by atoms with Gasteiger partial charge in [0.25, 0.3) is 0 Å². The number of sulfone groups is 1. The van der Waals surface area contributed by atoms with Gasteiger partial charge in [0.1, 0.15) is 0 Å². The SMILES string of the molecule is CC(C)CS(=O)(=O)CCCC(=O)Nc1ccccc1N. The Balaban J connectivity index is 2.40. The summed E-state index contributed by atoms with van der Waals surface area (Å²) in [6.07, 6.45) is 0.499. The van der Waals surface area contributed by atoms with Crippen LogP contribution in [0.25, 0.3) is 0 Å². The van der Waals surface area contributed by atoms with Crippen LogP contribution in [0.5, 0.6) is 0 Å². The highest BCUT2D eigenvalue weighted by Crippen LogP contribution is 2.17. The molecule has 1 aromatic carbocycles. The minimum absolute atomic E-state index is 0.0445. The van der Waals surface area contributed by atoms with Gasteiger partial charge in [0.15, 0.2) is 9.84 Å². The van der Waals surface area contributed by atoms with Crippen LogP contribution in [0.15, 0.2) is 24.3 Å². The molecule has 0 unspecified atom stereocenters. The van der Waals surface area contributed by atoms with Crippen molar-refractivity contribution in [3.05, 3.63) is 24.3 Å². The zero-order valence-corrected chi connectivity index (χ0v) is 12.7. The standard InChI is InChI=1S/C14H22N2O3S/c1-11(2)10-20(18,19)9-5-8-14(17)16-13-7-4-3-6-12(13)15/h3-4,6-7,11H,5,8-10,15H2,1-2H3,(H,16,17). The van der Waals surface area contributed by atoms with E-state index in [2.05, 4.69) is 5.32 Å². The predicted molar refractivity (Wildman–Crippen MR) is 82.2 cm³/mol. The van der Waals surface area contributed by atoms with E-state index in [0.29, 0.717) is 17.8 Å². The van der Waals surface area contributed by atoms with E-state index in [4.69, 9.17) is 5.73 Å². The van der Waals surface area contributed by atoms with E-state index < -0.39 is 9.84 Å². The van der Waals surface area contributed by atoms with Gasteiger partial charge in [-0.2, -0.15) is 0 Å². The van der Waals surface area contributed by atoms with Gasteiger partial charge in [0.05, 0.1) is 22.9 Å². The topological polar surface area (TPSA) is 89.3 Å². The predicted octanol–water partition coefficient (Wildman–Crippen LogP) is 2.06. The number of nitrogen functional groups attached to an aromatic ring is 1. The second-order valence-corrected chi connectivity index (χ2v) is 7.48. The first-order valence-electron chi connectivity index (χ1n) is 6.65. The van der Waals surface area contributed by atoms with E-state index in [1.165, 1.54) is 0 Å². The van der Waals surface area contributed by atoms with Gasteiger partial charge in [-0.15, -0.1) is 0 Å². The quantitative estimate of drug-likeness (QED) is 0.754. The Morgan fingerprint density at radius 3 is 2.55 bits per heavy atom. The van der Waals surface area contributed by atoms with Crippen LogP contribution in [-0.2, 0) is 14.6 Å². The smallest absolute Gasteiger partial charge is 0.224 e. The molecule has 0 aliphatic heterocycles. The Morgan fingerprint density at radius 2 is 1.95 bits per heavy atom. The van der Waals surface area contributed by atoms with Crippen LogP contribution in [0.1, 0.15) is 26.7 Å². The number of hydrogen-bond acceptors (Lipinski definition) is 4. The van der Waals surface area contributed by atoms with Gasteiger partial charge in [-0.1, -0.05) is 26.0 Å². The van der Waals surface area contributed by atoms with Crippen molar-refractivity contribution in [3.8, 4) is 0 Å². The molecule has 0 spiro atoms. The first kappa shape index (κ1) is 16.5. The van der Waals surface area contributed by atoms with Gasteiger partial charge in [-0.25, -0.2) is 8.42 Å². The lowest BCUT2D eigenvalue weighted by atomic mass is 10.2. The fourth-order valence-electron chi connectivity index (χ4n) is 1.87. The average molecular weight is 298 g/mol. The highest BCUT2D eigenvalue weighted by molar-refractivity contribution is 7.91. The third-order valence-corrected chi connectivity index (χ3v) is 4.77. The van der Waals surface area contributed by atoms with Crippen molar-refractivity contribution in [1.82, 2.24) is 0 Å². The molecule has 0 heterocycles. The molecule has 0 saturated carbocycles. The summed E-state index contributed by atoms with van der Waals surface area (Å²) < 4.78 is 23.4. The van der Waals surface area contributed by atoms with Crippen LogP contribution >= 0.6 is 0 Å². The Kier molecular flexibility index (Phi) is 6.01. The van der Waals surface area contributed by atoms with Gasteiger partial charge < -0.3 is 11.1 Å². The van der Waals surface area contributed by atoms with Crippen molar-refractivity contribution in [2.75, 3.05) is 22.6 Å². The molecule has 5 nitrogen and oxygen atoms in total. The van der Waals surface area contributed by atoms with Crippen molar-refractivity contribution in [3.63, 3.8) is 0 Å². The number of rotatable bonds is 7. The van der Waals surface area contributed by atoms with E-state index in [1.807, 2.05) is 13.8 Å². The summed E-state index contributed by atoms with van der Waals surface area (Å²) >= 11 is 0. The maximum Gasteiger partial charge on any atom is 0.224 e. The molecular formula is C14H22N2O3S. The number of amides is 1. The second-order valence-electron chi connectivity index (χ2n) is 5.25. The Morgan fingerprint density at radius 1 is 1.30 bits per heavy atom. The van der Waals surface area contributed by atoms with Gasteiger partial charge in [0.2, 0.25) is 5.91 Å². The molecule has 0 aliphatic rings. The largest absolute Gasteiger partial charge is 0.397 e. The van der Waals surface area contributed by atoms with Crippen LogP contribution in [-0.4, -0.2) is 25.8 Å². The number of carbonyl (C=O) groups is 1. The number of carbonyl (C=O) groups excluding carboxylic acids is 1. The van der Waals surface area contributed by atoms with Crippen molar-refractivity contribution in [2.24, 2.45) is 5.92 Å². The molecular weight excluding hydrogens is 276 g/mol. The Bertz CT molecular complexity index is 553. The lowest BCUT2D eigenvalue weighted by Crippen LogP contribution is -2.18. The number of para-hydroxylation sites is 2. The molecule has 1 aromatic rings. The highest BCUT2D eigenvalue weighted by atomic mass is 32.2. The molecule has 0 radical (unpaired) electrons. The molecule has 3 N–H and O–H groups in total. The minimum Gasteiger partial charge on any atom is -0.397 e. The molecule has 20 heavy (non-hydrogen) atoms. The fourth-order valence-corrected chi connectivity index (χ4v) is 3.63. The molecule has 0 atom stereocenters. The van der Waals surface area contributed by atoms with Crippen molar-refractivity contribution < 1.29 is 13.2 Å². The number of nitrogens with two attached hydrogens (primary N) is 1. The number of benzene rings is 1. The molecule has 112 valence electrons. The zero-order chi connectivity index (χ0) is 15.2. The first-order chi connectivity index (χ1) is 9.30. The van der Waals surface area contributed by atoms with E-state index in [-0.39, 0.29) is 29.8 Å². The summed E-state index contributed by atoms with van der Waals surface area (Å²) in [7, 11) is -3.06. The van der Waals surface area contributed by atoms with Crippen LogP contribution in [0.2, 0.25) is 0 Å². The van der Waals surface area contributed by atoms with Crippen LogP contribution in [0.3, 0.4) is 0 Å². The van der Waals surface area contributed by atoms with Gasteiger partial charge in [-0.05, 0) is 24.5 Å². The second kappa shape index (κ2) is 7.28. The van der Waals surface area contributed by atoms with Crippen molar-refractivity contribution in [1.29, 1.82) is 0 Å².